The summed E-state index contributed by atoms with van der Waals surface area (Å²) in [6.45, 7) is 8.12. The average molecular weight is 446 g/mol. The first kappa shape index (κ1) is 21.9. The van der Waals surface area contributed by atoms with E-state index in [1.807, 2.05) is 10.6 Å². The Hall–Kier alpha value is -2.31. The molecule has 0 N–H and O–H groups in total. The molecule has 1 aromatic carbocycles. The van der Waals surface area contributed by atoms with Gasteiger partial charge in [0.1, 0.15) is 18.1 Å². The molecule has 7 heteroatoms. The van der Waals surface area contributed by atoms with E-state index in [-0.39, 0.29) is 28.7 Å². The highest BCUT2D eigenvalue weighted by Gasteiger charge is 2.27. The molecule has 0 amide bonds. The average Bonchev–Trinajstić information content (AvgIpc) is 2.88. The lowest BCUT2D eigenvalue weighted by Gasteiger charge is -2.24. The molecular formula is C24H28ClNO5. The van der Waals surface area contributed by atoms with Crippen molar-refractivity contribution in [2.45, 2.75) is 39.7 Å². The zero-order chi connectivity index (χ0) is 22.1. The minimum Gasteiger partial charge on any atom is -0.492 e. The molecular weight excluding hydrogens is 418 g/mol. The van der Waals surface area contributed by atoms with Gasteiger partial charge in [-0.1, -0.05) is 25.4 Å². The van der Waals surface area contributed by atoms with Gasteiger partial charge in [0.05, 0.1) is 28.9 Å². The lowest BCUT2D eigenvalue weighted by atomic mass is 10.0. The predicted octanol–water partition coefficient (Wildman–Crippen LogP) is 4.77. The van der Waals surface area contributed by atoms with Gasteiger partial charge < -0.3 is 18.8 Å². The van der Waals surface area contributed by atoms with E-state index in [0.29, 0.717) is 41.3 Å². The van der Waals surface area contributed by atoms with Crippen LogP contribution in [0.4, 0.5) is 0 Å². The highest BCUT2D eigenvalue weighted by Crippen LogP contribution is 2.42. The highest BCUT2D eigenvalue weighted by molar-refractivity contribution is 6.32. The summed E-state index contributed by atoms with van der Waals surface area (Å²) in [5.74, 6) is 1.62. The van der Waals surface area contributed by atoms with Crippen LogP contribution in [0.2, 0.25) is 5.02 Å². The largest absolute Gasteiger partial charge is 0.492 e. The number of ether oxygens (including phenoxy) is 3. The van der Waals surface area contributed by atoms with E-state index in [0.717, 1.165) is 31.6 Å². The van der Waals surface area contributed by atoms with Crippen LogP contribution in [0.5, 0.6) is 11.5 Å². The number of aromatic nitrogens is 1. The number of benzene rings is 1. The fourth-order valence-electron chi connectivity index (χ4n) is 4.16. The Morgan fingerprint density at radius 3 is 2.68 bits per heavy atom. The molecule has 0 spiro atoms. The van der Waals surface area contributed by atoms with Crippen LogP contribution in [0, 0.1) is 11.8 Å². The third-order valence-corrected chi connectivity index (χ3v) is 6.42. The van der Waals surface area contributed by atoms with E-state index in [4.69, 9.17) is 25.8 Å². The third kappa shape index (κ3) is 4.51. The van der Waals surface area contributed by atoms with Crippen LogP contribution in [-0.2, 0) is 4.74 Å². The van der Waals surface area contributed by atoms with Crippen LogP contribution in [0.3, 0.4) is 0 Å². The van der Waals surface area contributed by atoms with Crippen LogP contribution in [0.1, 0.15) is 50.0 Å². The molecule has 2 aliphatic heterocycles. The van der Waals surface area contributed by atoms with Gasteiger partial charge in [0.15, 0.2) is 11.2 Å². The number of hydrogen-bond acceptors (Lipinski definition) is 5. The normalized spacial score (nSPS) is 18.7. The van der Waals surface area contributed by atoms with E-state index in [1.54, 1.807) is 12.3 Å². The fourth-order valence-corrected chi connectivity index (χ4v) is 4.38. The minimum absolute atomic E-state index is 0.0357. The number of hydrogen-bond donors (Lipinski definition) is 0. The van der Waals surface area contributed by atoms with Crippen LogP contribution < -0.4 is 14.9 Å². The summed E-state index contributed by atoms with van der Waals surface area (Å²) in [6.07, 6.45) is 3.61. The highest BCUT2D eigenvalue weighted by atomic mass is 35.5. The summed E-state index contributed by atoms with van der Waals surface area (Å²) in [5, 5.41) is 0.465. The summed E-state index contributed by atoms with van der Waals surface area (Å²) in [5.41, 5.74) is 1.29. The summed E-state index contributed by atoms with van der Waals surface area (Å²) in [6, 6.07) is 5.08. The van der Waals surface area contributed by atoms with Gasteiger partial charge in [-0.2, -0.15) is 0 Å². The van der Waals surface area contributed by atoms with Gasteiger partial charge in [0.2, 0.25) is 0 Å². The summed E-state index contributed by atoms with van der Waals surface area (Å²) in [4.78, 5) is 24.6. The smallest absolute Gasteiger partial charge is 0.192 e. The Labute approximate surface area is 187 Å². The van der Waals surface area contributed by atoms with Crippen LogP contribution in [0.15, 0.2) is 29.2 Å². The van der Waals surface area contributed by atoms with Crippen molar-refractivity contribution >= 4 is 17.4 Å². The lowest BCUT2D eigenvalue weighted by Crippen LogP contribution is -2.25. The maximum Gasteiger partial charge on any atom is 0.192 e. The molecule has 0 bridgehead atoms. The Morgan fingerprint density at radius 2 is 2.00 bits per heavy atom. The molecule has 0 aliphatic carbocycles. The molecule has 4 rings (SSSR count). The maximum absolute atomic E-state index is 12.6. The topological polar surface area (TPSA) is 66.8 Å². The molecule has 0 saturated carbocycles. The van der Waals surface area contributed by atoms with Crippen molar-refractivity contribution in [3.8, 4) is 22.8 Å². The Kier molecular flexibility index (Phi) is 6.39. The van der Waals surface area contributed by atoms with Crippen molar-refractivity contribution in [3.05, 3.63) is 45.2 Å². The number of pyridine rings is 1. The van der Waals surface area contributed by atoms with Crippen LogP contribution >= 0.6 is 11.6 Å². The Morgan fingerprint density at radius 1 is 1.26 bits per heavy atom. The lowest BCUT2D eigenvalue weighted by molar-refractivity contribution is 0.0497. The second-order valence-electron chi connectivity index (χ2n) is 8.67. The standard InChI is InChI=1S/C24H28ClNO5/c1-14(2)21-13-31-23-10-24(30-12-16-4-6-29-7-5-16)19(25)8-17(23)20-9-22(28)18(15(3)27)11-26(20)21/h8-11,14,16,21H,4-7,12-13H2,1-3H3/t21-/m0/s1. The van der Waals surface area contributed by atoms with E-state index < -0.39 is 0 Å². The van der Waals surface area contributed by atoms with Gasteiger partial charge in [-0.15, -0.1) is 0 Å². The monoisotopic (exact) mass is 445 g/mol. The maximum atomic E-state index is 12.6. The molecule has 31 heavy (non-hydrogen) atoms. The molecule has 1 atom stereocenters. The van der Waals surface area contributed by atoms with Gasteiger partial charge in [-0.05, 0) is 37.7 Å². The van der Waals surface area contributed by atoms with E-state index in [2.05, 4.69) is 13.8 Å². The molecule has 0 radical (unpaired) electrons. The molecule has 3 heterocycles. The predicted molar refractivity (Wildman–Crippen MR) is 120 cm³/mol. The van der Waals surface area contributed by atoms with Crippen molar-refractivity contribution < 1.29 is 19.0 Å². The molecule has 2 aliphatic rings. The number of fused-ring (bicyclic) bond motifs is 3. The second kappa shape index (κ2) is 9.05. The van der Waals surface area contributed by atoms with E-state index >= 15 is 0 Å². The van der Waals surface area contributed by atoms with Gasteiger partial charge in [0, 0.05) is 37.1 Å². The molecule has 166 valence electrons. The molecule has 6 nitrogen and oxygen atoms in total. The molecule has 0 unspecified atom stereocenters. The zero-order valence-electron chi connectivity index (χ0n) is 18.2. The molecule has 1 aromatic heterocycles. The Bertz CT molecular complexity index is 1040. The number of ketones is 1. The zero-order valence-corrected chi connectivity index (χ0v) is 18.9. The van der Waals surface area contributed by atoms with Crippen molar-refractivity contribution in [2.24, 2.45) is 11.8 Å². The summed E-state index contributed by atoms with van der Waals surface area (Å²) < 4.78 is 19.6. The molecule has 1 saturated heterocycles. The first-order valence-electron chi connectivity index (χ1n) is 10.8. The first-order chi connectivity index (χ1) is 14.8. The molecule has 2 aromatic rings. The first-order valence-corrected chi connectivity index (χ1v) is 11.2. The number of carbonyl (C=O) groups excluding carboxylic acids is 1. The quantitative estimate of drug-likeness (QED) is 0.620. The number of Topliss-reactive ketones (excluding diaryl/α,β-unsaturated/α-hetero) is 1. The number of nitrogens with zero attached hydrogens (tertiary/aromatic N) is 1. The van der Waals surface area contributed by atoms with Crippen molar-refractivity contribution in [2.75, 3.05) is 26.4 Å². The van der Waals surface area contributed by atoms with Gasteiger partial charge in [0.25, 0.3) is 0 Å². The van der Waals surface area contributed by atoms with Crippen LogP contribution in [0.25, 0.3) is 11.3 Å². The van der Waals surface area contributed by atoms with Gasteiger partial charge in [-0.3, -0.25) is 9.59 Å². The SMILES string of the molecule is CC(=O)c1cn2c(cc1=O)-c1cc(Cl)c(OCC3CCOCC3)cc1OC[C@H]2C(C)C. The number of halogens is 1. The van der Waals surface area contributed by atoms with E-state index in [9.17, 15) is 9.59 Å². The van der Waals surface area contributed by atoms with Gasteiger partial charge >= 0.3 is 0 Å². The van der Waals surface area contributed by atoms with E-state index in [1.165, 1.54) is 13.0 Å². The fraction of sp³-hybridized carbons (Fsp3) is 0.500. The molecule has 1 fully saturated rings. The van der Waals surface area contributed by atoms with Crippen molar-refractivity contribution in [1.82, 2.24) is 4.57 Å². The van der Waals surface area contributed by atoms with Crippen LogP contribution in [-0.4, -0.2) is 36.8 Å². The van der Waals surface area contributed by atoms with Crippen molar-refractivity contribution in [3.63, 3.8) is 0 Å². The summed E-state index contributed by atoms with van der Waals surface area (Å²) in [7, 11) is 0. The minimum atomic E-state index is -0.301. The van der Waals surface area contributed by atoms with Crippen molar-refractivity contribution in [1.29, 1.82) is 0 Å². The Balaban J connectivity index is 1.73. The third-order valence-electron chi connectivity index (χ3n) is 6.12. The van der Waals surface area contributed by atoms with Gasteiger partial charge in [-0.25, -0.2) is 0 Å². The second-order valence-corrected chi connectivity index (χ2v) is 9.08. The number of rotatable bonds is 5. The number of carbonyl (C=O) groups is 1. The summed E-state index contributed by atoms with van der Waals surface area (Å²) >= 11 is 6.57.